The number of fused-ring (bicyclic) bond motifs is 1. The molecule has 27 heavy (non-hydrogen) atoms. The Labute approximate surface area is 176 Å². The van der Waals surface area contributed by atoms with Gasteiger partial charge >= 0.3 is 0 Å². The zero-order valence-electron chi connectivity index (χ0n) is 15.7. The molecule has 0 amide bonds. The number of aldehydes is 1. The summed E-state index contributed by atoms with van der Waals surface area (Å²) in [6.07, 6.45) is 1.00. The molecule has 2 aliphatic heterocycles. The van der Waals surface area contributed by atoms with Crippen LogP contribution in [-0.2, 0) is 11.3 Å². The Hall–Kier alpha value is -1.38. The molecule has 0 atom stereocenters. The van der Waals surface area contributed by atoms with Gasteiger partial charge in [0, 0.05) is 55.5 Å². The normalized spacial score (nSPS) is 17.4. The molecular formula is C19H25N3O2S3. The van der Waals surface area contributed by atoms with Crippen LogP contribution in [0, 0.1) is 0 Å². The van der Waals surface area contributed by atoms with Crippen molar-refractivity contribution >= 4 is 52.8 Å². The summed E-state index contributed by atoms with van der Waals surface area (Å²) in [6.45, 7) is 8.95. The van der Waals surface area contributed by atoms with Crippen LogP contribution in [0.3, 0.4) is 0 Å². The van der Waals surface area contributed by atoms with E-state index in [-0.39, 0.29) is 6.10 Å². The van der Waals surface area contributed by atoms with Gasteiger partial charge in [-0.3, -0.25) is 4.79 Å². The highest BCUT2D eigenvalue weighted by Gasteiger charge is 2.26. The number of nitrogens with zero attached hydrogens (tertiary/aromatic N) is 3. The van der Waals surface area contributed by atoms with Gasteiger partial charge in [-0.25, -0.2) is 0 Å². The Bertz CT molecular complexity index is 718. The minimum Gasteiger partial charge on any atom is -0.468 e. The van der Waals surface area contributed by atoms with Crippen molar-refractivity contribution in [3.05, 3.63) is 29.3 Å². The maximum absolute atomic E-state index is 11.1. The van der Waals surface area contributed by atoms with Crippen LogP contribution in [-0.4, -0.2) is 75.9 Å². The first-order valence-electron chi connectivity index (χ1n) is 9.18. The van der Waals surface area contributed by atoms with Crippen LogP contribution in [0.5, 0.6) is 0 Å². The van der Waals surface area contributed by atoms with E-state index in [1.54, 1.807) is 0 Å². The maximum atomic E-state index is 11.1. The van der Waals surface area contributed by atoms with E-state index in [9.17, 15) is 4.79 Å². The number of benzene rings is 1. The fourth-order valence-electron chi connectivity index (χ4n) is 3.21. The summed E-state index contributed by atoms with van der Waals surface area (Å²) in [4.78, 5) is 19.0. The number of thiocarbonyl (C=S) groups is 2. The molecule has 0 bridgehead atoms. The number of hydrogen-bond acceptors (Lipinski definition) is 5. The molecule has 1 aromatic carbocycles. The van der Waals surface area contributed by atoms with Crippen LogP contribution in [0.2, 0.25) is 0 Å². The Morgan fingerprint density at radius 1 is 1.11 bits per heavy atom. The summed E-state index contributed by atoms with van der Waals surface area (Å²) in [7, 11) is 0. The van der Waals surface area contributed by atoms with Crippen LogP contribution < -0.4 is 0 Å². The lowest BCUT2D eigenvalue weighted by Gasteiger charge is -2.40. The van der Waals surface area contributed by atoms with E-state index in [4.69, 9.17) is 29.2 Å². The Balaban J connectivity index is 1.61. The Morgan fingerprint density at radius 3 is 2.48 bits per heavy atom. The SMILES string of the molecule is CC(C)OC(=S)N1CCN(C(=S)N2CCSc3ccc(C=O)cc3C2)CC1. The van der Waals surface area contributed by atoms with Crippen molar-refractivity contribution in [1.29, 1.82) is 0 Å². The monoisotopic (exact) mass is 423 g/mol. The van der Waals surface area contributed by atoms with Crippen molar-refractivity contribution in [2.24, 2.45) is 0 Å². The third-order valence-corrected chi connectivity index (χ3v) is 6.58. The van der Waals surface area contributed by atoms with Crippen molar-refractivity contribution in [3.8, 4) is 0 Å². The van der Waals surface area contributed by atoms with Crippen molar-refractivity contribution in [2.45, 2.75) is 31.4 Å². The molecule has 1 aromatic rings. The maximum Gasteiger partial charge on any atom is 0.259 e. The van der Waals surface area contributed by atoms with Gasteiger partial charge in [0.1, 0.15) is 6.29 Å². The quantitative estimate of drug-likeness (QED) is 0.531. The largest absolute Gasteiger partial charge is 0.468 e. The summed E-state index contributed by atoms with van der Waals surface area (Å²) in [5, 5.41) is 1.47. The average Bonchev–Trinajstić information content (AvgIpc) is 2.88. The first kappa shape index (κ1) is 20.4. The van der Waals surface area contributed by atoms with Gasteiger partial charge in [0.25, 0.3) is 5.17 Å². The zero-order valence-corrected chi connectivity index (χ0v) is 18.2. The van der Waals surface area contributed by atoms with E-state index in [2.05, 4.69) is 14.7 Å². The van der Waals surface area contributed by atoms with Crippen molar-refractivity contribution in [3.63, 3.8) is 0 Å². The molecule has 0 aromatic heterocycles. The van der Waals surface area contributed by atoms with E-state index < -0.39 is 0 Å². The highest BCUT2D eigenvalue weighted by molar-refractivity contribution is 7.99. The van der Waals surface area contributed by atoms with Crippen molar-refractivity contribution in [2.75, 3.05) is 38.5 Å². The lowest BCUT2D eigenvalue weighted by molar-refractivity contribution is 0.112. The summed E-state index contributed by atoms with van der Waals surface area (Å²) in [6, 6.07) is 5.91. The average molecular weight is 424 g/mol. The number of thioether (sulfide) groups is 1. The van der Waals surface area contributed by atoms with Crippen LogP contribution in [0.4, 0.5) is 0 Å². The number of ether oxygens (including phenoxy) is 1. The lowest BCUT2D eigenvalue weighted by Crippen LogP contribution is -2.54. The van der Waals surface area contributed by atoms with Gasteiger partial charge in [-0.05, 0) is 56.0 Å². The molecule has 5 nitrogen and oxygen atoms in total. The number of rotatable bonds is 2. The third kappa shape index (κ3) is 5.12. The van der Waals surface area contributed by atoms with Gasteiger partial charge in [0.05, 0.1) is 6.10 Å². The second-order valence-electron chi connectivity index (χ2n) is 6.94. The molecule has 1 saturated heterocycles. The summed E-state index contributed by atoms with van der Waals surface area (Å²) < 4.78 is 5.64. The fourth-order valence-corrected chi connectivity index (χ4v) is 4.93. The first-order valence-corrected chi connectivity index (χ1v) is 11.0. The predicted octanol–water partition coefficient (Wildman–Crippen LogP) is 3.02. The van der Waals surface area contributed by atoms with Crippen LogP contribution in [0.15, 0.2) is 23.1 Å². The molecule has 0 N–H and O–H groups in total. The molecular weight excluding hydrogens is 398 g/mol. The molecule has 0 saturated carbocycles. The van der Waals surface area contributed by atoms with E-state index in [0.29, 0.717) is 5.17 Å². The molecule has 3 rings (SSSR count). The lowest BCUT2D eigenvalue weighted by atomic mass is 10.1. The van der Waals surface area contributed by atoms with Gasteiger partial charge in [-0.1, -0.05) is 6.07 Å². The molecule has 0 unspecified atom stereocenters. The molecule has 146 valence electrons. The molecule has 8 heteroatoms. The molecule has 2 heterocycles. The van der Waals surface area contributed by atoms with Crippen molar-refractivity contribution < 1.29 is 9.53 Å². The van der Waals surface area contributed by atoms with Crippen LogP contribution >= 0.6 is 36.2 Å². The molecule has 2 aliphatic rings. The summed E-state index contributed by atoms with van der Waals surface area (Å²) in [5.74, 6) is 0.986. The van der Waals surface area contributed by atoms with Crippen molar-refractivity contribution in [1.82, 2.24) is 14.7 Å². The number of carbonyl (C=O) groups excluding carboxylic acids is 1. The van der Waals surface area contributed by atoms with E-state index in [0.717, 1.165) is 62.0 Å². The predicted molar refractivity (Wildman–Crippen MR) is 118 cm³/mol. The minimum absolute atomic E-state index is 0.0996. The molecule has 0 radical (unpaired) electrons. The van der Waals surface area contributed by atoms with Gasteiger partial charge in [0.15, 0.2) is 5.11 Å². The van der Waals surface area contributed by atoms with Crippen LogP contribution in [0.1, 0.15) is 29.8 Å². The van der Waals surface area contributed by atoms with E-state index in [1.807, 2.05) is 43.8 Å². The third-order valence-electron chi connectivity index (χ3n) is 4.62. The van der Waals surface area contributed by atoms with E-state index in [1.165, 1.54) is 10.5 Å². The number of hydrogen-bond donors (Lipinski definition) is 0. The Morgan fingerprint density at radius 2 is 1.81 bits per heavy atom. The second kappa shape index (κ2) is 9.21. The highest BCUT2D eigenvalue weighted by Crippen LogP contribution is 2.28. The van der Waals surface area contributed by atoms with Gasteiger partial charge < -0.3 is 19.4 Å². The Kier molecular flexibility index (Phi) is 6.94. The van der Waals surface area contributed by atoms with Crippen LogP contribution in [0.25, 0.3) is 0 Å². The van der Waals surface area contributed by atoms with E-state index >= 15 is 0 Å². The number of piperazine rings is 1. The highest BCUT2D eigenvalue weighted by atomic mass is 32.2. The topological polar surface area (TPSA) is 36.0 Å². The summed E-state index contributed by atoms with van der Waals surface area (Å²) >= 11 is 13.0. The standard InChI is InChI=1S/C19H25N3O2S3/c1-14(2)24-19(26)21-7-5-20(6-8-21)18(25)22-9-10-27-17-4-3-15(13-23)11-16(17)12-22/h3-4,11,13-14H,5-10,12H2,1-2H3. The second-order valence-corrected chi connectivity index (χ2v) is 8.80. The van der Waals surface area contributed by atoms with Gasteiger partial charge in [-0.15, -0.1) is 11.8 Å². The molecule has 1 fully saturated rings. The zero-order chi connectivity index (χ0) is 19.4. The van der Waals surface area contributed by atoms with Gasteiger partial charge in [-0.2, -0.15) is 0 Å². The summed E-state index contributed by atoms with van der Waals surface area (Å²) in [5.41, 5.74) is 1.89. The number of carbonyl (C=O) groups is 1. The fraction of sp³-hybridized carbons (Fsp3) is 0.526. The van der Waals surface area contributed by atoms with Gasteiger partial charge in [0.2, 0.25) is 0 Å². The minimum atomic E-state index is 0.0996. The molecule has 0 spiro atoms. The molecule has 0 aliphatic carbocycles. The smallest absolute Gasteiger partial charge is 0.259 e. The first-order chi connectivity index (χ1) is 13.0.